The molecule has 2 saturated heterocycles. The molecule has 6 heteroatoms. The number of fused-ring (bicyclic) bond motifs is 2. The molecule has 2 bridgehead atoms. The zero-order chi connectivity index (χ0) is 12.9. The molecule has 96 valence electrons. The standard InChI is InChI=1S/C12H14ClN3O2/c1-15-5-8-2-7(15)6-16(8)11-3-9(12(17)18)10(13)4-14-11/h3-4,7-8H,2,5-6H2,1H3,(H,17,18)/t7-,8-/m1/s1. The second kappa shape index (κ2) is 4.10. The summed E-state index contributed by atoms with van der Waals surface area (Å²) in [6, 6.07) is 2.57. The van der Waals surface area contributed by atoms with Crippen LogP contribution in [0.4, 0.5) is 5.82 Å². The monoisotopic (exact) mass is 267 g/mol. The molecule has 18 heavy (non-hydrogen) atoms. The highest BCUT2D eigenvalue weighted by molar-refractivity contribution is 6.33. The van der Waals surface area contributed by atoms with Crippen molar-refractivity contribution in [2.24, 2.45) is 0 Å². The third-order valence-corrected chi connectivity index (χ3v) is 4.18. The number of carboxylic acids is 1. The Hall–Kier alpha value is -1.33. The van der Waals surface area contributed by atoms with Crippen LogP contribution in [-0.4, -0.2) is 53.2 Å². The van der Waals surface area contributed by atoms with E-state index in [0.717, 1.165) is 25.3 Å². The summed E-state index contributed by atoms with van der Waals surface area (Å²) in [5.41, 5.74) is 0.123. The molecule has 1 N–H and O–H groups in total. The minimum Gasteiger partial charge on any atom is -0.478 e. The first-order chi connectivity index (χ1) is 8.56. The molecule has 0 radical (unpaired) electrons. The number of likely N-dealkylation sites (N-methyl/N-ethyl adjacent to an activating group) is 1. The lowest BCUT2D eigenvalue weighted by Crippen LogP contribution is -2.44. The van der Waals surface area contributed by atoms with Gasteiger partial charge in [-0.3, -0.25) is 4.90 Å². The fraction of sp³-hybridized carbons (Fsp3) is 0.500. The van der Waals surface area contributed by atoms with E-state index in [1.807, 2.05) is 0 Å². The highest BCUT2D eigenvalue weighted by Gasteiger charge is 2.42. The van der Waals surface area contributed by atoms with Crippen LogP contribution in [0.25, 0.3) is 0 Å². The highest BCUT2D eigenvalue weighted by atomic mass is 35.5. The molecule has 0 spiro atoms. The largest absolute Gasteiger partial charge is 0.478 e. The number of hydrogen-bond donors (Lipinski definition) is 1. The molecule has 2 aliphatic heterocycles. The van der Waals surface area contributed by atoms with Crippen LogP contribution in [0.3, 0.4) is 0 Å². The van der Waals surface area contributed by atoms with Crippen LogP contribution < -0.4 is 4.90 Å². The van der Waals surface area contributed by atoms with Crippen LogP contribution in [0.5, 0.6) is 0 Å². The minimum atomic E-state index is -1.01. The lowest BCUT2D eigenvalue weighted by Gasteiger charge is -2.32. The van der Waals surface area contributed by atoms with Crippen molar-refractivity contribution in [3.05, 3.63) is 22.8 Å². The number of anilines is 1. The average Bonchev–Trinajstić information content (AvgIpc) is 2.88. The van der Waals surface area contributed by atoms with Crippen LogP contribution in [0.15, 0.2) is 12.3 Å². The first kappa shape index (κ1) is 11.7. The summed E-state index contributed by atoms with van der Waals surface area (Å²) in [6.45, 7) is 1.92. The number of halogens is 1. The van der Waals surface area contributed by atoms with E-state index in [0.29, 0.717) is 12.1 Å². The van der Waals surface area contributed by atoms with E-state index in [4.69, 9.17) is 16.7 Å². The predicted octanol–water partition coefficient (Wildman–Crippen LogP) is 1.33. The third-order valence-electron chi connectivity index (χ3n) is 3.88. The Labute approximate surface area is 110 Å². The van der Waals surface area contributed by atoms with E-state index in [9.17, 15) is 4.79 Å². The molecule has 0 saturated carbocycles. The summed E-state index contributed by atoms with van der Waals surface area (Å²) in [4.78, 5) is 19.9. The zero-order valence-electron chi connectivity index (χ0n) is 10.0. The first-order valence-electron chi connectivity index (χ1n) is 5.92. The molecule has 0 unspecified atom stereocenters. The zero-order valence-corrected chi connectivity index (χ0v) is 10.8. The predicted molar refractivity (Wildman–Crippen MR) is 68.4 cm³/mol. The van der Waals surface area contributed by atoms with Gasteiger partial charge in [0.05, 0.1) is 10.6 Å². The Kier molecular flexibility index (Phi) is 2.68. The average molecular weight is 268 g/mol. The number of piperazine rings is 1. The number of rotatable bonds is 2. The van der Waals surface area contributed by atoms with Gasteiger partial charge in [0.15, 0.2) is 0 Å². The molecule has 2 aliphatic rings. The van der Waals surface area contributed by atoms with Crippen molar-refractivity contribution >= 4 is 23.4 Å². The number of hydrogen-bond acceptors (Lipinski definition) is 4. The smallest absolute Gasteiger partial charge is 0.337 e. The molecule has 3 heterocycles. The lowest BCUT2D eigenvalue weighted by molar-refractivity contribution is 0.0697. The molecule has 1 aromatic heterocycles. The second-order valence-electron chi connectivity index (χ2n) is 4.96. The lowest BCUT2D eigenvalue weighted by atomic mass is 10.2. The molecular formula is C12H14ClN3O2. The number of aromatic nitrogens is 1. The third kappa shape index (κ3) is 1.74. The van der Waals surface area contributed by atoms with Crippen LogP contribution in [-0.2, 0) is 0 Å². The topological polar surface area (TPSA) is 56.7 Å². The van der Waals surface area contributed by atoms with Gasteiger partial charge in [-0.1, -0.05) is 11.6 Å². The van der Waals surface area contributed by atoms with Crippen LogP contribution in [0.1, 0.15) is 16.8 Å². The van der Waals surface area contributed by atoms with Gasteiger partial charge >= 0.3 is 5.97 Å². The van der Waals surface area contributed by atoms with Crippen molar-refractivity contribution in [3.8, 4) is 0 Å². The van der Waals surface area contributed by atoms with Gasteiger partial charge in [-0.2, -0.15) is 0 Å². The Balaban J connectivity index is 1.90. The Bertz CT molecular complexity index is 506. The molecule has 1 aromatic rings. The van der Waals surface area contributed by atoms with Gasteiger partial charge in [0.1, 0.15) is 5.82 Å². The van der Waals surface area contributed by atoms with Crippen molar-refractivity contribution in [3.63, 3.8) is 0 Å². The Morgan fingerprint density at radius 2 is 2.28 bits per heavy atom. The van der Waals surface area contributed by atoms with Crippen molar-refractivity contribution in [1.82, 2.24) is 9.88 Å². The highest BCUT2D eigenvalue weighted by Crippen LogP contribution is 2.33. The Morgan fingerprint density at radius 1 is 1.50 bits per heavy atom. The summed E-state index contributed by atoms with van der Waals surface area (Å²) in [5, 5.41) is 9.26. The molecule has 2 fully saturated rings. The molecule has 0 aromatic carbocycles. The number of aromatic carboxylic acids is 1. The van der Waals surface area contributed by atoms with Gasteiger partial charge in [-0.15, -0.1) is 0 Å². The van der Waals surface area contributed by atoms with Gasteiger partial charge < -0.3 is 10.0 Å². The first-order valence-corrected chi connectivity index (χ1v) is 6.30. The number of likely N-dealkylation sites (tertiary alicyclic amines) is 1. The van der Waals surface area contributed by atoms with E-state index in [1.165, 1.54) is 6.20 Å². The number of carboxylic acid groups (broad SMARTS) is 1. The summed E-state index contributed by atoms with van der Waals surface area (Å²) >= 11 is 5.83. The van der Waals surface area contributed by atoms with E-state index in [2.05, 4.69) is 21.8 Å². The summed E-state index contributed by atoms with van der Waals surface area (Å²) in [5.74, 6) is -0.289. The second-order valence-corrected chi connectivity index (χ2v) is 5.37. The maximum atomic E-state index is 11.1. The van der Waals surface area contributed by atoms with Gasteiger partial charge in [-0.05, 0) is 19.5 Å². The van der Waals surface area contributed by atoms with Gasteiger partial charge in [0, 0.05) is 31.4 Å². The maximum absolute atomic E-state index is 11.1. The van der Waals surface area contributed by atoms with Crippen LogP contribution in [0, 0.1) is 0 Å². The molecule has 0 aliphatic carbocycles. The quantitative estimate of drug-likeness (QED) is 0.876. The molecular weight excluding hydrogens is 254 g/mol. The van der Waals surface area contributed by atoms with Crippen molar-refractivity contribution < 1.29 is 9.90 Å². The van der Waals surface area contributed by atoms with E-state index in [-0.39, 0.29) is 10.6 Å². The molecule has 3 rings (SSSR count). The van der Waals surface area contributed by atoms with Gasteiger partial charge in [-0.25, -0.2) is 9.78 Å². The number of carbonyl (C=O) groups is 1. The van der Waals surface area contributed by atoms with Crippen LogP contribution in [0.2, 0.25) is 5.02 Å². The van der Waals surface area contributed by atoms with Crippen molar-refractivity contribution in [1.29, 1.82) is 0 Å². The normalized spacial score (nSPS) is 26.9. The summed E-state index contributed by atoms with van der Waals surface area (Å²) < 4.78 is 0. The van der Waals surface area contributed by atoms with Gasteiger partial charge in [0.2, 0.25) is 0 Å². The van der Waals surface area contributed by atoms with Crippen molar-refractivity contribution in [2.75, 3.05) is 25.0 Å². The maximum Gasteiger partial charge on any atom is 0.337 e. The van der Waals surface area contributed by atoms with E-state index in [1.54, 1.807) is 6.07 Å². The number of pyridine rings is 1. The SMILES string of the molecule is CN1C[C@H]2C[C@@H]1CN2c1cc(C(=O)O)c(Cl)cn1. The fourth-order valence-corrected chi connectivity index (χ4v) is 3.08. The minimum absolute atomic E-state index is 0.123. The Morgan fingerprint density at radius 3 is 2.83 bits per heavy atom. The molecule has 5 nitrogen and oxygen atoms in total. The fourth-order valence-electron chi connectivity index (χ4n) is 2.90. The number of nitrogens with zero attached hydrogens (tertiary/aromatic N) is 3. The van der Waals surface area contributed by atoms with E-state index < -0.39 is 5.97 Å². The summed E-state index contributed by atoms with van der Waals surface area (Å²) in [6.07, 6.45) is 2.55. The van der Waals surface area contributed by atoms with E-state index >= 15 is 0 Å². The van der Waals surface area contributed by atoms with Crippen molar-refractivity contribution in [2.45, 2.75) is 18.5 Å². The van der Waals surface area contributed by atoms with Gasteiger partial charge in [0.25, 0.3) is 0 Å². The molecule has 0 amide bonds. The van der Waals surface area contributed by atoms with Crippen LogP contribution >= 0.6 is 11.6 Å². The molecule has 2 atom stereocenters. The summed E-state index contributed by atoms with van der Waals surface area (Å²) in [7, 11) is 2.12.